The molecule has 0 spiro atoms. The van der Waals surface area contributed by atoms with Crippen molar-refractivity contribution in [1.82, 2.24) is 0 Å². The maximum atomic E-state index is 12.5. The molecule has 2 atom stereocenters. The summed E-state index contributed by atoms with van der Waals surface area (Å²) in [6.07, 6.45) is 5.42. The Hall–Kier alpha value is -1.58. The summed E-state index contributed by atoms with van der Waals surface area (Å²) in [5.41, 5.74) is -4.39. The third kappa shape index (κ3) is 4.28. The Morgan fingerprint density at radius 3 is 1.46 bits per heavy atom. The Labute approximate surface area is 151 Å². The molecule has 0 aliphatic heterocycles. The van der Waals surface area contributed by atoms with Gasteiger partial charge >= 0.3 is 11.9 Å². The summed E-state index contributed by atoms with van der Waals surface area (Å²) >= 11 is 0. The number of unbranched alkanes of at least 4 members (excludes halogenated alkanes) is 6. The average Bonchev–Trinajstić information content (AvgIpc) is 2.65. The summed E-state index contributed by atoms with van der Waals surface area (Å²) in [4.78, 5) is 25.0. The van der Waals surface area contributed by atoms with Gasteiger partial charge in [-0.05, 0) is 12.8 Å². The molecule has 1 aliphatic rings. The number of rotatable bonds is 12. The molecule has 4 heteroatoms. The van der Waals surface area contributed by atoms with Crippen molar-refractivity contribution in [2.75, 3.05) is 0 Å². The highest BCUT2D eigenvalue weighted by Crippen LogP contribution is 2.52. The second-order valence-electron chi connectivity index (χ2n) is 6.54. The van der Waals surface area contributed by atoms with Crippen LogP contribution < -0.4 is 0 Å². The fourth-order valence-electron chi connectivity index (χ4n) is 3.36. The van der Waals surface area contributed by atoms with Crippen molar-refractivity contribution >= 4 is 11.9 Å². The van der Waals surface area contributed by atoms with E-state index >= 15 is 0 Å². The zero-order chi connectivity index (χ0) is 21.5. The van der Waals surface area contributed by atoms with E-state index in [1.165, 1.54) is 0 Å². The maximum absolute atomic E-state index is 12.5. The van der Waals surface area contributed by atoms with Gasteiger partial charge < -0.3 is 10.2 Å². The average molecular weight is 340 g/mol. The molecule has 0 heterocycles. The number of carboxylic acid groups (broad SMARTS) is 2. The molecule has 0 saturated carbocycles. The number of allylic oxidation sites excluding steroid dienone is 2. The lowest BCUT2D eigenvalue weighted by molar-refractivity contribution is -0.167. The van der Waals surface area contributed by atoms with Crippen molar-refractivity contribution in [3.05, 3.63) is 24.2 Å². The Bertz CT molecular complexity index is 603. The molecule has 0 aromatic heterocycles. The summed E-state index contributed by atoms with van der Waals surface area (Å²) in [5, 5.41) is 20.3. The highest BCUT2D eigenvalue weighted by atomic mass is 16.4. The van der Waals surface area contributed by atoms with E-state index in [1.54, 1.807) is 0 Å². The first-order chi connectivity index (χ1) is 13.1. The Balaban J connectivity index is 3.60. The molecule has 0 fully saturated rings. The zero-order valence-electron chi connectivity index (χ0n) is 18.8. The molecule has 0 radical (unpaired) electrons. The van der Waals surface area contributed by atoms with Gasteiger partial charge in [0.25, 0.3) is 0 Å². The van der Waals surface area contributed by atoms with Crippen LogP contribution in [0.2, 0.25) is 0 Å². The quantitative estimate of drug-likeness (QED) is 0.479. The molecule has 4 nitrogen and oxygen atoms in total. The molecular formula is C20H32O4. The number of hydrogen-bond donors (Lipinski definition) is 2. The highest BCUT2D eigenvalue weighted by Gasteiger charge is 2.58. The standard InChI is InChI=1S/C20H32O4/c1-3-5-7-9-13-19(17(21)22)15-11-12-16-20(19,18(23)24)14-10-8-6-4-2/h11-12,15-16H,3-10,13-14H2,1-2H3,(H,21,22)(H,23,24)/i11D,12D,15D,16D. The maximum Gasteiger partial charge on any atom is 0.315 e. The molecule has 0 aromatic rings. The Morgan fingerprint density at radius 1 is 0.792 bits per heavy atom. The SMILES string of the molecule is [2H]C1=C([2H])C(CCCCCC)(C(=O)O)C(CCCCCC)(C(=O)O)C([2H])=C1[2H]. The minimum absolute atomic E-state index is 0.126. The van der Waals surface area contributed by atoms with Crippen LogP contribution in [0.5, 0.6) is 0 Å². The van der Waals surface area contributed by atoms with Crippen LogP contribution in [0, 0.1) is 10.8 Å². The number of carboxylic acids is 2. The summed E-state index contributed by atoms with van der Waals surface area (Å²) in [7, 11) is 0. The first-order valence-electron chi connectivity index (χ1n) is 11.0. The third-order valence-electron chi connectivity index (χ3n) is 4.88. The molecule has 0 amide bonds. The van der Waals surface area contributed by atoms with Gasteiger partial charge in [0.15, 0.2) is 0 Å². The van der Waals surface area contributed by atoms with Crippen LogP contribution in [-0.4, -0.2) is 22.2 Å². The zero-order valence-corrected chi connectivity index (χ0v) is 14.8. The Morgan fingerprint density at radius 2 is 1.17 bits per heavy atom. The molecule has 1 rings (SSSR count). The lowest BCUT2D eigenvalue weighted by Crippen LogP contribution is -2.51. The van der Waals surface area contributed by atoms with E-state index in [4.69, 9.17) is 5.48 Å². The van der Waals surface area contributed by atoms with E-state index < -0.39 is 47.0 Å². The first kappa shape index (κ1) is 14.7. The smallest absolute Gasteiger partial charge is 0.315 e. The van der Waals surface area contributed by atoms with E-state index in [-0.39, 0.29) is 12.8 Å². The van der Waals surface area contributed by atoms with Crippen molar-refractivity contribution in [3.63, 3.8) is 0 Å². The number of hydrogen-bond acceptors (Lipinski definition) is 2. The second kappa shape index (κ2) is 9.65. The largest absolute Gasteiger partial charge is 0.481 e. The first-order valence-corrected chi connectivity index (χ1v) is 8.98. The molecular weight excluding hydrogens is 304 g/mol. The van der Waals surface area contributed by atoms with Gasteiger partial charge in [-0.2, -0.15) is 0 Å². The van der Waals surface area contributed by atoms with Crippen molar-refractivity contribution in [2.24, 2.45) is 10.8 Å². The second-order valence-corrected chi connectivity index (χ2v) is 6.54. The Kier molecular flexibility index (Phi) is 5.93. The lowest BCUT2D eigenvalue weighted by Gasteiger charge is -2.43. The fraction of sp³-hybridized carbons (Fsp3) is 0.700. The van der Waals surface area contributed by atoms with Crippen molar-refractivity contribution < 1.29 is 25.3 Å². The number of carbonyl (C=O) groups is 2. The molecule has 0 saturated heterocycles. The third-order valence-corrected chi connectivity index (χ3v) is 4.88. The van der Waals surface area contributed by atoms with Gasteiger partial charge in [-0.25, -0.2) is 0 Å². The normalized spacial score (nSPS) is 29.8. The van der Waals surface area contributed by atoms with Crippen LogP contribution in [0.3, 0.4) is 0 Å². The molecule has 1 aliphatic carbocycles. The monoisotopic (exact) mass is 340 g/mol. The van der Waals surface area contributed by atoms with E-state index in [2.05, 4.69) is 0 Å². The van der Waals surface area contributed by atoms with E-state index in [9.17, 15) is 19.8 Å². The predicted octanol–water partition coefficient (Wildman–Crippen LogP) is 5.20. The minimum atomic E-state index is -2.20. The van der Waals surface area contributed by atoms with Gasteiger partial charge in [0, 0.05) is 0 Å². The summed E-state index contributed by atoms with van der Waals surface area (Å²) in [5.74, 6) is -2.98. The van der Waals surface area contributed by atoms with Crippen molar-refractivity contribution in [1.29, 1.82) is 0 Å². The van der Waals surface area contributed by atoms with Gasteiger partial charge in [-0.15, -0.1) is 0 Å². The van der Waals surface area contributed by atoms with Crippen LogP contribution in [0.1, 0.15) is 83.5 Å². The molecule has 0 aromatic carbocycles. The highest BCUT2D eigenvalue weighted by molar-refractivity contribution is 5.90. The lowest BCUT2D eigenvalue weighted by atomic mass is 9.57. The molecule has 0 bridgehead atoms. The predicted molar refractivity (Wildman–Crippen MR) is 95.9 cm³/mol. The van der Waals surface area contributed by atoms with Gasteiger partial charge in [-0.1, -0.05) is 89.4 Å². The van der Waals surface area contributed by atoms with E-state index in [0.717, 1.165) is 25.7 Å². The summed E-state index contributed by atoms with van der Waals surface area (Å²) < 4.78 is 32.8. The van der Waals surface area contributed by atoms with Crippen LogP contribution in [-0.2, 0) is 9.59 Å². The van der Waals surface area contributed by atoms with Gasteiger partial charge in [0.1, 0.15) is 10.8 Å². The number of aliphatic carboxylic acids is 2. The topological polar surface area (TPSA) is 74.6 Å². The van der Waals surface area contributed by atoms with Crippen LogP contribution in [0.15, 0.2) is 24.2 Å². The van der Waals surface area contributed by atoms with E-state index in [0.29, 0.717) is 25.7 Å². The summed E-state index contributed by atoms with van der Waals surface area (Å²) in [6.45, 7) is 4.00. The van der Waals surface area contributed by atoms with Gasteiger partial charge in [-0.3, -0.25) is 9.59 Å². The fourth-order valence-corrected chi connectivity index (χ4v) is 3.36. The molecule has 24 heavy (non-hydrogen) atoms. The van der Waals surface area contributed by atoms with E-state index in [1.807, 2.05) is 13.8 Å². The van der Waals surface area contributed by atoms with Crippen molar-refractivity contribution in [2.45, 2.75) is 78.1 Å². The van der Waals surface area contributed by atoms with Crippen LogP contribution >= 0.6 is 0 Å². The molecule has 2 unspecified atom stereocenters. The molecule has 136 valence electrons. The minimum Gasteiger partial charge on any atom is -0.481 e. The van der Waals surface area contributed by atoms with Crippen LogP contribution in [0.25, 0.3) is 0 Å². The van der Waals surface area contributed by atoms with Crippen LogP contribution in [0.4, 0.5) is 0 Å². The summed E-state index contributed by atoms with van der Waals surface area (Å²) in [6, 6.07) is -2.63. The van der Waals surface area contributed by atoms with Crippen molar-refractivity contribution in [3.8, 4) is 0 Å². The van der Waals surface area contributed by atoms with Gasteiger partial charge in [0.2, 0.25) is 0 Å². The molecule has 2 N–H and O–H groups in total. The van der Waals surface area contributed by atoms with Gasteiger partial charge in [0.05, 0.1) is 5.48 Å².